The number of hydrogen-bond acceptors (Lipinski definition) is 7. The fraction of sp³-hybridized carbons (Fsp3) is 0.407. The lowest BCUT2D eigenvalue weighted by Crippen LogP contribution is -2.30. The average Bonchev–Trinajstić information content (AvgIpc) is 3.14. The van der Waals surface area contributed by atoms with E-state index in [4.69, 9.17) is 17.0 Å². The number of nitriles is 1. The minimum atomic E-state index is -0.320. The highest BCUT2D eigenvalue weighted by Gasteiger charge is 2.32. The molecule has 0 bridgehead atoms. The van der Waals surface area contributed by atoms with E-state index < -0.39 is 0 Å². The highest BCUT2D eigenvalue weighted by atomic mass is 32.2. The molecule has 1 aliphatic rings. The number of ether oxygens (including phenoxy) is 1. The van der Waals surface area contributed by atoms with E-state index in [9.17, 15) is 14.9 Å². The number of rotatable bonds is 12. The molecule has 2 aromatic rings. The van der Waals surface area contributed by atoms with Gasteiger partial charge in [0.2, 0.25) is 0 Å². The van der Waals surface area contributed by atoms with Gasteiger partial charge in [-0.15, -0.1) is 0 Å². The third-order valence-electron chi connectivity index (χ3n) is 5.94. The Hall–Kier alpha value is -2.93. The van der Waals surface area contributed by atoms with E-state index in [-0.39, 0.29) is 17.0 Å². The first-order chi connectivity index (χ1) is 17.4. The number of amides is 1. The molecular weight excluding hydrogens is 492 g/mol. The smallest absolute Gasteiger partial charge is 0.270 e. The van der Waals surface area contributed by atoms with Crippen molar-refractivity contribution in [3.05, 3.63) is 67.8 Å². The van der Waals surface area contributed by atoms with Crippen molar-refractivity contribution in [3.8, 4) is 6.07 Å². The Morgan fingerprint density at radius 3 is 2.58 bits per heavy atom. The molecule has 0 spiro atoms. The molecule has 1 N–H and O–H groups in total. The Bertz CT molecular complexity index is 1230. The maximum absolute atomic E-state index is 13.3. The van der Waals surface area contributed by atoms with Crippen LogP contribution >= 0.6 is 24.0 Å². The molecule has 1 saturated heterocycles. The van der Waals surface area contributed by atoms with Crippen LogP contribution in [0.1, 0.15) is 55.4 Å². The molecular formula is C27H32N4O3S2. The standard InChI is InChI=1S/C27H32N4O3S2/c1-4-6-13-30-24(29-18-20-11-8-7-9-12-20)21(19(3)22(17-28)25(30)32)16-23-26(33)31(27(35)36-23)14-10-15-34-5-2/h7-9,11-12,16,29H,4-6,10,13-15,18H2,1-3H3/b23-16+. The Morgan fingerprint density at radius 2 is 1.92 bits per heavy atom. The van der Waals surface area contributed by atoms with Crippen LogP contribution in [0.4, 0.5) is 5.82 Å². The second-order valence-electron chi connectivity index (χ2n) is 8.41. The lowest BCUT2D eigenvalue weighted by Gasteiger charge is -2.20. The Balaban J connectivity index is 2.05. The topological polar surface area (TPSA) is 87.4 Å². The zero-order valence-corrected chi connectivity index (χ0v) is 22.6. The summed E-state index contributed by atoms with van der Waals surface area (Å²) in [7, 11) is 0. The van der Waals surface area contributed by atoms with Crippen molar-refractivity contribution in [3.63, 3.8) is 0 Å². The summed E-state index contributed by atoms with van der Waals surface area (Å²) in [5, 5.41) is 13.2. The van der Waals surface area contributed by atoms with Crippen molar-refractivity contribution in [2.45, 2.75) is 53.1 Å². The molecule has 0 atom stereocenters. The van der Waals surface area contributed by atoms with E-state index in [0.29, 0.717) is 65.4 Å². The van der Waals surface area contributed by atoms with Crippen LogP contribution in [0.5, 0.6) is 0 Å². The number of thiocarbonyl (C=S) groups is 1. The summed E-state index contributed by atoms with van der Waals surface area (Å²) in [5.74, 6) is 0.440. The third kappa shape index (κ3) is 6.44. The predicted molar refractivity (Wildman–Crippen MR) is 150 cm³/mol. The second-order valence-corrected chi connectivity index (χ2v) is 10.1. The first kappa shape index (κ1) is 27.7. The van der Waals surface area contributed by atoms with Crippen molar-refractivity contribution in [2.24, 2.45) is 0 Å². The Morgan fingerprint density at radius 1 is 1.17 bits per heavy atom. The number of unbranched alkanes of at least 4 members (excludes halogenated alkanes) is 1. The zero-order valence-electron chi connectivity index (χ0n) is 21.0. The van der Waals surface area contributed by atoms with Gasteiger partial charge in [-0.05, 0) is 43.9 Å². The van der Waals surface area contributed by atoms with Gasteiger partial charge in [0.05, 0.1) is 4.91 Å². The van der Waals surface area contributed by atoms with Crippen LogP contribution in [-0.2, 0) is 22.6 Å². The quantitative estimate of drug-likeness (QED) is 0.236. The molecule has 0 aliphatic carbocycles. The second kappa shape index (κ2) is 13.4. The van der Waals surface area contributed by atoms with Gasteiger partial charge in [-0.1, -0.05) is 67.7 Å². The molecule has 9 heteroatoms. The van der Waals surface area contributed by atoms with Gasteiger partial charge in [0.25, 0.3) is 11.5 Å². The number of hydrogen-bond donors (Lipinski definition) is 1. The fourth-order valence-corrected chi connectivity index (χ4v) is 5.25. The average molecular weight is 525 g/mol. The number of thioether (sulfide) groups is 1. The summed E-state index contributed by atoms with van der Waals surface area (Å²) in [4.78, 5) is 28.5. The lowest BCUT2D eigenvalue weighted by molar-refractivity contribution is -0.122. The van der Waals surface area contributed by atoms with E-state index in [1.54, 1.807) is 22.5 Å². The summed E-state index contributed by atoms with van der Waals surface area (Å²) in [6.45, 7) is 8.39. The lowest BCUT2D eigenvalue weighted by atomic mass is 10.0. The van der Waals surface area contributed by atoms with Crippen molar-refractivity contribution < 1.29 is 9.53 Å². The molecule has 1 aliphatic heterocycles. The van der Waals surface area contributed by atoms with E-state index in [2.05, 4.69) is 18.3 Å². The van der Waals surface area contributed by atoms with Crippen LogP contribution < -0.4 is 10.9 Å². The number of carbonyl (C=O) groups is 1. The van der Waals surface area contributed by atoms with E-state index in [1.165, 1.54) is 11.8 Å². The number of aromatic nitrogens is 1. The first-order valence-corrected chi connectivity index (χ1v) is 13.4. The molecule has 7 nitrogen and oxygen atoms in total. The Kier molecular flexibility index (Phi) is 10.3. The van der Waals surface area contributed by atoms with Crippen molar-refractivity contribution >= 4 is 46.1 Å². The molecule has 1 fully saturated rings. The number of nitrogens with zero attached hydrogens (tertiary/aromatic N) is 3. The van der Waals surface area contributed by atoms with Gasteiger partial charge < -0.3 is 10.1 Å². The highest BCUT2D eigenvalue weighted by Crippen LogP contribution is 2.35. The fourth-order valence-electron chi connectivity index (χ4n) is 3.96. The molecule has 1 aromatic heterocycles. The number of nitrogens with one attached hydrogen (secondary N) is 1. The van der Waals surface area contributed by atoms with Crippen molar-refractivity contribution in [1.29, 1.82) is 5.26 Å². The molecule has 0 saturated carbocycles. The minimum Gasteiger partial charge on any atom is -0.382 e. The number of benzene rings is 1. The summed E-state index contributed by atoms with van der Waals surface area (Å²) >= 11 is 6.73. The van der Waals surface area contributed by atoms with Gasteiger partial charge in [0, 0.05) is 38.4 Å². The normalized spacial score (nSPS) is 14.5. The molecule has 3 rings (SSSR count). The number of carbonyl (C=O) groups excluding carboxylic acids is 1. The largest absolute Gasteiger partial charge is 0.382 e. The maximum atomic E-state index is 13.3. The van der Waals surface area contributed by atoms with Crippen LogP contribution in [0.15, 0.2) is 40.0 Å². The highest BCUT2D eigenvalue weighted by molar-refractivity contribution is 8.26. The monoisotopic (exact) mass is 524 g/mol. The van der Waals surface area contributed by atoms with Crippen LogP contribution in [0.2, 0.25) is 0 Å². The van der Waals surface area contributed by atoms with Crippen LogP contribution in [0, 0.1) is 18.3 Å². The number of anilines is 1. The molecule has 36 heavy (non-hydrogen) atoms. The van der Waals surface area contributed by atoms with E-state index >= 15 is 0 Å². The minimum absolute atomic E-state index is 0.0924. The van der Waals surface area contributed by atoms with Crippen LogP contribution in [0.25, 0.3) is 6.08 Å². The van der Waals surface area contributed by atoms with Gasteiger partial charge in [0.15, 0.2) is 0 Å². The predicted octanol–water partition coefficient (Wildman–Crippen LogP) is 5.07. The maximum Gasteiger partial charge on any atom is 0.270 e. The van der Waals surface area contributed by atoms with Gasteiger partial charge in [-0.2, -0.15) is 5.26 Å². The summed E-state index contributed by atoms with van der Waals surface area (Å²) < 4.78 is 7.52. The van der Waals surface area contributed by atoms with Gasteiger partial charge in [0.1, 0.15) is 21.8 Å². The van der Waals surface area contributed by atoms with Crippen molar-refractivity contribution in [2.75, 3.05) is 25.1 Å². The molecule has 1 aromatic carbocycles. The molecule has 190 valence electrons. The zero-order chi connectivity index (χ0) is 26.1. The molecule has 1 amide bonds. The molecule has 0 unspecified atom stereocenters. The van der Waals surface area contributed by atoms with E-state index in [0.717, 1.165) is 18.4 Å². The van der Waals surface area contributed by atoms with Crippen LogP contribution in [-0.4, -0.2) is 39.5 Å². The van der Waals surface area contributed by atoms with Crippen LogP contribution in [0.3, 0.4) is 0 Å². The molecule has 0 radical (unpaired) electrons. The van der Waals surface area contributed by atoms with Crippen molar-refractivity contribution in [1.82, 2.24) is 9.47 Å². The molecule has 2 heterocycles. The summed E-state index contributed by atoms with van der Waals surface area (Å²) in [6, 6.07) is 12.0. The van der Waals surface area contributed by atoms with E-state index in [1.807, 2.05) is 37.3 Å². The SMILES string of the molecule is CCCCn1c(NCc2ccccc2)c(/C=C2/SC(=S)N(CCCOCC)C2=O)c(C)c(C#N)c1=O. The third-order valence-corrected chi connectivity index (χ3v) is 7.31. The van der Waals surface area contributed by atoms with Gasteiger partial charge in [-0.3, -0.25) is 19.1 Å². The Labute approximate surface area is 222 Å². The summed E-state index contributed by atoms with van der Waals surface area (Å²) in [5.41, 5.74) is 2.04. The van der Waals surface area contributed by atoms with Gasteiger partial charge in [-0.25, -0.2) is 0 Å². The van der Waals surface area contributed by atoms with Gasteiger partial charge >= 0.3 is 0 Å². The first-order valence-electron chi connectivity index (χ1n) is 12.2. The summed E-state index contributed by atoms with van der Waals surface area (Å²) in [6.07, 6.45) is 4.15. The number of pyridine rings is 1.